The second kappa shape index (κ2) is 14.1. The van der Waals surface area contributed by atoms with Crippen molar-refractivity contribution in [3.05, 3.63) is 124 Å². The van der Waals surface area contributed by atoms with Gasteiger partial charge in [-0.1, -0.05) is 117 Å². The van der Waals surface area contributed by atoms with E-state index in [1.807, 2.05) is 32.1 Å². The average Bonchev–Trinajstić information content (AvgIpc) is 3.49. The van der Waals surface area contributed by atoms with Crippen LogP contribution in [0.1, 0.15) is 48.5 Å². The molecule has 2 aromatic rings. The maximum atomic E-state index is 2.48. The largest absolute Gasteiger partial charge is 0.0921 e. The molecule has 0 unspecified atom stereocenters. The zero-order valence-corrected chi connectivity index (χ0v) is 25.1. The summed E-state index contributed by atoms with van der Waals surface area (Å²) in [6, 6.07) is 22.2. The summed E-state index contributed by atoms with van der Waals surface area (Å²) in [5.74, 6) is 1.56. The summed E-state index contributed by atoms with van der Waals surface area (Å²) in [4.78, 5) is 0. The summed E-state index contributed by atoms with van der Waals surface area (Å²) in [6.45, 7) is 17.1. The van der Waals surface area contributed by atoms with Crippen LogP contribution in [0.2, 0.25) is 0 Å². The molecule has 1 atom stereocenters. The predicted octanol–water partition coefficient (Wildman–Crippen LogP) is 8.34. The Morgan fingerprint density at radius 1 is 0.571 bits per heavy atom. The summed E-state index contributed by atoms with van der Waals surface area (Å²) < 4.78 is 0. The number of benzene rings is 2. The molecule has 0 amide bonds. The van der Waals surface area contributed by atoms with Crippen molar-refractivity contribution in [2.45, 2.75) is 64.4 Å². The van der Waals surface area contributed by atoms with E-state index in [4.69, 9.17) is 0 Å². The molecule has 0 spiro atoms. The molecule has 0 nitrogen and oxygen atoms in total. The van der Waals surface area contributed by atoms with Crippen molar-refractivity contribution < 1.29 is 17.1 Å². The normalized spacial score (nSPS) is 18.3. The molecule has 3 heteroatoms. The van der Waals surface area contributed by atoms with E-state index < -0.39 is 7.92 Å². The third-order valence-corrected chi connectivity index (χ3v) is 12.4. The van der Waals surface area contributed by atoms with Crippen molar-refractivity contribution in [1.82, 2.24) is 0 Å². The molecular formula is C32H40FeP2. The number of hydrogen-bond acceptors (Lipinski definition) is 0. The summed E-state index contributed by atoms with van der Waals surface area (Å²) in [5.41, 5.74) is 2.10. The van der Waals surface area contributed by atoms with Gasteiger partial charge in [0, 0.05) is 22.7 Å². The Balaban J connectivity index is 0.000000640. The fourth-order valence-electron chi connectivity index (χ4n) is 5.19. The minimum Gasteiger partial charge on any atom is -0.0921 e. The zero-order chi connectivity index (χ0) is 24.8. The second-order valence-corrected chi connectivity index (χ2v) is 17.1. The Labute approximate surface area is 230 Å². The van der Waals surface area contributed by atoms with Crippen molar-refractivity contribution in [3.63, 3.8) is 0 Å². The third kappa shape index (κ3) is 8.68. The van der Waals surface area contributed by atoms with Crippen LogP contribution in [0.3, 0.4) is 0 Å². The molecule has 35 heavy (non-hydrogen) atoms. The molecular weight excluding hydrogens is 502 g/mol. The standard InChI is InChI=1S/C27H35P2.C5H5.Fe/c1-21(29(26(2,3)4)27(5,6)7)24-19-14-20-25(24)28(22-15-10-8-11-16-22)23-17-12-9-13-18-23;1-2-4-5-3-1;/h8-21H,1-7H3;1-5H;/t21-;;/m1../s1. The van der Waals surface area contributed by atoms with Crippen LogP contribution < -0.4 is 10.6 Å². The first-order valence-electron chi connectivity index (χ1n) is 12.2. The molecule has 2 saturated carbocycles. The van der Waals surface area contributed by atoms with Crippen LogP contribution in [0, 0.1) is 62.9 Å². The van der Waals surface area contributed by atoms with Gasteiger partial charge in [0.05, 0.1) is 0 Å². The van der Waals surface area contributed by atoms with Gasteiger partial charge in [-0.15, -0.1) is 0 Å². The van der Waals surface area contributed by atoms with Crippen molar-refractivity contribution in [3.8, 4) is 0 Å². The van der Waals surface area contributed by atoms with Crippen LogP contribution in [-0.2, 0) is 17.1 Å². The second-order valence-electron chi connectivity index (χ2n) is 10.7. The van der Waals surface area contributed by atoms with E-state index in [2.05, 4.69) is 128 Å². The Hall–Kier alpha value is -0.181. The van der Waals surface area contributed by atoms with Gasteiger partial charge in [-0.3, -0.25) is 0 Å². The SMILES string of the molecule is C[C@H]([C]1[CH][CH][CH][C]1P(c1ccccc1)c1ccccc1)P(C(C)(C)C)C(C)(C)C.[CH]1[CH][CH][CH][CH]1.[Fe]. The van der Waals surface area contributed by atoms with Gasteiger partial charge in [-0.2, -0.15) is 0 Å². The van der Waals surface area contributed by atoms with E-state index in [9.17, 15) is 0 Å². The molecule has 0 heterocycles. The maximum absolute atomic E-state index is 2.48. The quantitative estimate of drug-likeness (QED) is 0.263. The Kier molecular flexibility index (Phi) is 12.5. The van der Waals surface area contributed by atoms with Gasteiger partial charge < -0.3 is 0 Å². The molecule has 2 fully saturated rings. The van der Waals surface area contributed by atoms with Crippen LogP contribution in [0.4, 0.5) is 0 Å². The first-order valence-corrected chi connectivity index (χ1v) is 15.0. The van der Waals surface area contributed by atoms with E-state index in [1.165, 1.54) is 16.3 Å². The van der Waals surface area contributed by atoms with Crippen molar-refractivity contribution in [1.29, 1.82) is 0 Å². The van der Waals surface area contributed by atoms with E-state index >= 15 is 0 Å². The molecule has 4 rings (SSSR count). The van der Waals surface area contributed by atoms with E-state index in [0.29, 0.717) is 16.0 Å². The molecule has 2 aliphatic rings. The Bertz CT molecular complexity index is 772. The molecule has 0 saturated heterocycles. The minimum absolute atomic E-state index is 0. The number of rotatable bonds is 5. The molecule has 0 bridgehead atoms. The van der Waals surface area contributed by atoms with Crippen molar-refractivity contribution in [2.24, 2.45) is 0 Å². The fraction of sp³-hybridized carbons (Fsp3) is 0.312. The first-order chi connectivity index (χ1) is 16.1. The fourth-order valence-corrected chi connectivity index (χ4v) is 12.7. The topological polar surface area (TPSA) is 0 Å². The van der Waals surface area contributed by atoms with Gasteiger partial charge in [0.15, 0.2) is 0 Å². The zero-order valence-electron chi connectivity index (χ0n) is 22.2. The van der Waals surface area contributed by atoms with Gasteiger partial charge in [-0.05, 0) is 91.8 Å². The van der Waals surface area contributed by atoms with Gasteiger partial charge >= 0.3 is 0 Å². The molecule has 186 valence electrons. The predicted molar refractivity (Wildman–Crippen MR) is 156 cm³/mol. The summed E-state index contributed by atoms with van der Waals surface area (Å²) in [5, 5.41) is 3.49. The number of hydrogen-bond donors (Lipinski definition) is 0. The van der Waals surface area contributed by atoms with Crippen LogP contribution in [0.5, 0.6) is 0 Å². The molecule has 0 aromatic heterocycles. The monoisotopic (exact) mass is 542 g/mol. The molecule has 0 aliphatic heterocycles. The minimum atomic E-state index is -0.548. The van der Waals surface area contributed by atoms with Gasteiger partial charge in [0.1, 0.15) is 0 Å². The summed E-state index contributed by atoms with van der Waals surface area (Å²) >= 11 is 0. The molecule has 2 aliphatic carbocycles. The van der Waals surface area contributed by atoms with Gasteiger partial charge in [0.25, 0.3) is 0 Å². The first kappa shape index (κ1) is 31.0. The maximum Gasteiger partial charge on any atom is 0.0201 e. The molecule has 2 aromatic carbocycles. The van der Waals surface area contributed by atoms with E-state index in [1.54, 1.807) is 5.92 Å². The van der Waals surface area contributed by atoms with Crippen molar-refractivity contribution >= 4 is 26.5 Å². The third-order valence-electron chi connectivity index (χ3n) is 5.93. The summed E-state index contributed by atoms with van der Waals surface area (Å²) in [6.07, 6.45) is 17.1. The molecule has 0 N–H and O–H groups in total. The van der Waals surface area contributed by atoms with Crippen LogP contribution in [-0.4, -0.2) is 16.0 Å². The van der Waals surface area contributed by atoms with E-state index in [-0.39, 0.29) is 25.0 Å². The van der Waals surface area contributed by atoms with Gasteiger partial charge in [-0.25, -0.2) is 0 Å². The smallest absolute Gasteiger partial charge is 0.0201 e. The molecule has 10 radical (unpaired) electrons. The van der Waals surface area contributed by atoms with Crippen LogP contribution >= 0.6 is 15.8 Å². The average molecular weight is 542 g/mol. The van der Waals surface area contributed by atoms with Crippen molar-refractivity contribution in [2.75, 3.05) is 0 Å². The van der Waals surface area contributed by atoms with E-state index in [0.717, 1.165) is 0 Å². The summed E-state index contributed by atoms with van der Waals surface area (Å²) in [7, 11) is -0.771. The Morgan fingerprint density at radius 3 is 1.34 bits per heavy atom. The van der Waals surface area contributed by atoms with Gasteiger partial charge in [0.2, 0.25) is 0 Å². The van der Waals surface area contributed by atoms with Crippen LogP contribution in [0.25, 0.3) is 0 Å². The van der Waals surface area contributed by atoms with Crippen LogP contribution in [0.15, 0.2) is 60.7 Å². The Morgan fingerprint density at radius 2 is 0.971 bits per heavy atom.